The number of nitrogens with zero attached hydrogens (tertiary/aromatic N) is 2. The maximum atomic E-state index is 5.71. The van der Waals surface area contributed by atoms with E-state index in [9.17, 15) is 0 Å². The fraction of sp³-hybridized carbons (Fsp3) is 0.250. The third-order valence-corrected chi connectivity index (χ3v) is 2.77. The topological polar surface area (TPSA) is 27.1 Å². The molecule has 0 atom stereocenters. The van der Waals surface area contributed by atoms with Crippen LogP contribution in [0.4, 0.5) is 0 Å². The van der Waals surface area contributed by atoms with E-state index in [-0.39, 0.29) is 0 Å². The van der Waals surface area contributed by atoms with Crippen LogP contribution in [0, 0.1) is 0 Å². The molecule has 0 amide bonds. The highest BCUT2D eigenvalue weighted by Crippen LogP contribution is 2.27. The predicted molar refractivity (Wildman–Crippen MR) is 66.8 cm³/mol. The van der Waals surface area contributed by atoms with Gasteiger partial charge >= 0.3 is 6.01 Å². The summed E-state index contributed by atoms with van der Waals surface area (Å²) in [6.07, 6.45) is 1.75. The van der Waals surface area contributed by atoms with Crippen LogP contribution in [0.5, 0.6) is 11.8 Å². The predicted octanol–water partition coefficient (Wildman–Crippen LogP) is 4.02. The molecular formula is C12H13BrN2O. The molecular weight excluding hydrogens is 268 g/mol. The van der Waals surface area contributed by atoms with Gasteiger partial charge in [-0.1, -0.05) is 18.2 Å². The van der Waals surface area contributed by atoms with Gasteiger partial charge in [0.1, 0.15) is 10.4 Å². The molecule has 0 saturated carbocycles. The van der Waals surface area contributed by atoms with Gasteiger partial charge in [0.2, 0.25) is 0 Å². The number of hydrogen-bond acceptors (Lipinski definition) is 2. The molecule has 0 bridgehead atoms. The van der Waals surface area contributed by atoms with Gasteiger partial charge < -0.3 is 4.74 Å². The summed E-state index contributed by atoms with van der Waals surface area (Å²) >= 11 is 3.45. The summed E-state index contributed by atoms with van der Waals surface area (Å²) in [7, 11) is 0. The molecule has 0 unspecified atom stereocenters. The second kappa shape index (κ2) is 4.70. The van der Waals surface area contributed by atoms with Gasteiger partial charge in [0.25, 0.3) is 0 Å². The van der Waals surface area contributed by atoms with E-state index in [1.165, 1.54) is 0 Å². The Hall–Kier alpha value is -1.29. The molecule has 2 aromatic rings. The summed E-state index contributed by atoms with van der Waals surface area (Å²) in [4.78, 5) is 4.23. The molecule has 2 rings (SSSR count). The van der Waals surface area contributed by atoms with Crippen LogP contribution in [0.2, 0.25) is 0 Å². The minimum absolute atomic E-state index is 0.301. The molecule has 1 aromatic heterocycles. The molecule has 0 aliphatic heterocycles. The average molecular weight is 281 g/mol. The van der Waals surface area contributed by atoms with Crippen molar-refractivity contribution >= 4 is 15.9 Å². The first-order valence-corrected chi connectivity index (χ1v) is 5.93. The smallest absolute Gasteiger partial charge is 0.302 e. The van der Waals surface area contributed by atoms with Crippen molar-refractivity contribution in [2.75, 3.05) is 0 Å². The molecule has 0 aliphatic rings. The molecule has 16 heavy (non-hydrogen) atoms. The highest BCUT2D eigenvalue weighted by Gasteiger charge is 2.12. The first-order valence-electron chi connectivity index (χ1n) is 5.14. The number of benzene rings is 1. The summed E-state index contributed by atoms with van der Waals surface area (Å²) in [6.45, 7) is 4.18. The van der Waals surface area contributed by atoms with Crippen LogP contribution in [0.25, 0.3) is 0 Å². The van der Waals surface area contributed by atoms with Gasteiger partial charge in [-0.2, -0.15) is 0 Å². The SMILES string of the molecule is CC(C)n1c(Br)cnc1Oc1ccccc1. The molecule has 3 nitrogen and oxygen atoms in total. The Bertz CT molecular complexity index is 465. The third kappa shape index (κ3) is 2.27. The zero-order valence-electron chi connectivity index (χ0n) is 9.22. The van der Waals surface area contributed by atoms with E-state index >= 15 is 0 Å². The first kappa shape index (κ1) is 11.2. The lowest BCUT2D eigenvalue weighted by molar-refractivity contribution is 0.393. The Labute approximate surface area is 103 Å². The summed E-state index contributed by atoms with van der Waals surface area (Å²) in [5.74, 6) is 0.794. The first-order chi connectivity index (χ1) is 7.68. The van der Waals surface area contributed by atoms with Gasteiger partial charge in [0, 0.05) is 6.04 Å². The number of rotatable bonds is 3. The highest BCUT2D eigenvalue weighted by molar-refractivity contribution is 9.10. The Morgan fingerprint density at radius 1 is 1.25 bits per heavy atom. The van der Waals surface area contributed by atoms with Crippen LogP contribution in [0.1, 0.15) is 19.9 Å². The minimum atomic E-state index is 0.301. The maximum Gasteiger partial charge on any atom is 0.302 e. The fourth-order valence-corrected chi connectivity index (χ4v) is 2.12. The van der Waals surface area contributed by atoms with E-state index in [4.69, 9.17) is 4.74 Å². The Morgan fingerprint density at radius 3 is 2.56 bits per heavy atom. The molecule has 0 radical (unpaired) electrons. The largest absolute Gasteiger partial charge is 0.425 e. The lowest BCUT2D eigenvalue weighted by Gasteiger charge is -2.12. The molecule has 1 aromatic carbocycles. The maximum absolute atomic E-state index is 5.71. The number of halogens is 1. The van der Waals surface area contributed by atoms with Crippen molar-refractivity contribution in [2.24, 2.45) is 0 Å². The molecule has 84 valence electrons. The number of para-hydroxylation sites is 1. The van der Waals surface area contributed by atoms with Crippen molar-refractivity contribution < 1.29 is 4.74 Å². The summed E-state index contributed by atoms with van der Waals surface area (Å²) < 4.78 is 8.63. The van der Waals surface area contributed by atoms with Crippen LogP contribution in [0.15, 0.2) is 41.1 Å². The van der Waals surface area contributed by atoms with Crippen LogP contribution in [0.3, 0.4) is 0 Å². The monoisotopic (exact) mass is 280 g/mol. The standard InChI is InChI=1S/C12H13BrN2O/c1-9(2)15-11(13)8-14-12(15)16-10-6-4-3-5-7-10/h3-9H,1-2H3. The van der Waals surface area contributed by atoms with Crippen LogP contribution >= 0.6 is 15.9 Å². The van der Waals surface area contributed by atoms with Crippen LogP contribution < -0.4 is 4.74 Å². The van der Waals surface area contributed by atoms with E-state index in [2.05, 4.69) is 34.8 Å². The van der Waals surface area contributed by atoms with E-state index < -0.39 is 0 Å². The minimum Gasteiger partial charge on any atom is -0.425 e. The molecule has 4 heteroatoms. The summed E-state index contributed by atoms with van der Waals surface area (Å²) in [6, 6.07) is 10.6. The Morgan fingerprint density at radius 2 is 1.94 bits per heavy atom. The summed E-state index contributed by atoms with van der Waals surface area (Å²) in [5.41, 5.74) is 0. The van der Waals surface area contributed by atoms with E-state index in [0.717, 1.165) is 10.4 Å². The van der Waals surface area contributed by atoms with Gasteiger partial charge in [-0.25, -0.2) is 4.98 Å². The lowest BCUT2D eigenvalue weighted by Crippen LogP contribution is -2.03. The van der Waals surface area contributed by atoms with Crippen molar-refractivity contribution in [1.29, 1.82) is 0 Å². The Balaban J connectivity index is 2.29. The van der Waals surface area contributed by atoms with E-state index in [1.807, 2.05) is 34.9 Å². The van der Waals surface area contributed by atoms with Gasteiger partial charge in [-0.3, -0.25) is 4.57 Å². The van der Waals surface area contributed by atoms with Crippen molar-refractivity contribution in [3.63, 3.8) is 0 Å². The van der Waals surface area contributed by atoms with Gasteiger partial charge in [-0.15, -0.1) is 0 Å². The van der Waals surface area contributed by atoms with Crippen molar-refractivity contribution in [3.8, 4) is 11.8 Å². The number of ether oxygens (including phenoxy) is 1. The molecule has 0 N–H and O–H groups in total. The Kier molecular flexibility index (Phi) is 3.29. The van der Waals surface area contributed by atoms with E-state index in [1.54, 1.807) is 6.20 Å². The lowest BCUT2D eigenvalue weighted by atomic mass is 10.3. The normalized spacial score (nSPS) is 10.8. The number of imidazole rings is 1. The number of aromatic nitrogens is 2. The van der Waals surface area contributed by atoms with Gasteiger partial charge in [-0.05, 0) is 41.9 Å². The molecule has 0 fully saturated rings. The van der Waals surface area contributed by atoms with Gasteiger partial charge in [0.05, 0.1) is 6.20 Å². The second-order valence-electron chi connectivity index (χ2n) is 3.74. The molecule has 0 saturated heterocycles. The van der Waals surface area contributed by atoms with Crippen molar-refractivity contribution in [1.82, 2.24) is 9.55 Å². The zero-order chi connectivity index (χ0) is 11.5. The van der Waals surface area contributed by atoms with Crippen LogP contribution in [-0.2, 0) is 0 Å². The van der Waals surface area contributed by atoms with Crippen molar-refractivity contribution in [2.45, 2.75) is 19.9 Å². The summed E-state index contributed by atoms with van der Waals surface area (Å²) in [5, 5.41) is 0. The zero-order valence-corrected chi connectivity index (χ0v) is 10.8. The quantitative estimate of drug-likeness (QED) is 0.849. The molecule has 0 spiro atoms. The number of hydrogen-bond donors (Lipinski definition) is 0. The average Bonchev–Trinajstić information content (AvgIpc) is 2.61. The second-order valence-corrected chi connectivity index (χ2v) is 4.55. The van der Waals surface area contributed by atoms with Gasteiger partial charge in [0.15, 0.2) is 0 Å². The fourth-order valence-electron chi connectivity index (χ4n) is 1.46. The van der Waals surface area contributed by atoms with E-state index in [0.29, 0.717) is 12.1 Å². The molecule has 1 heterocycles. The third-order valence-electron chi connectivity index (χ3n) is 2.19. The van der Waals surface area contributed by atoms with Crippen LogP contribution in [-0.4, -0.2) is 9.55 Å². The highest BCUT2D eigenvalue weighted by atomic mass is 79.9. The molecule has 0 aliphatic carbocycles. The van der Waals surface area contributed by atoms with Crippen molar-refractivity contribution in [3.05, 3.63) is 41.1 Å².